The zero-order valence-electron chi connectivity index (χ0n) is 9.69. The minimum atomic E-state index is 0.476. The van der Waals surface area contributed by atoms with Crippen molar-refractivity contribution in [3.8, 4) is 0 Å². The van der Waals surface area contributed by atoms with E-state index in [1.54, 1.807) is 17.5 Å². The molecule has 2 nitrogen and oxygen atoms in total. The Hall–Kier alpha value is -0.710. The molecule has 0 amide bonds. The van der Waals surface area contributed by atoms with Crippen molar-refractivity contribution < 1.29 is 0 Å². The third-order valence-corrected chi connectivity index (χ3v) is 3.70. The topological polar surface area (TPSA) is 24.9 Å². The Morgan fingerprint density at radius 2 is 2.29 bits per heavy atom. The van der Waals surface area contributed by atoms with Crippen LogP contribution >= 0.6 is 27.3 Å². The summed E-state index contributed by atoms with van der Waals surface area (Å²) < 4.78 is 1.03. The lowest BCUT2D eigenvalue weighted by Gasteiger charge is -2.12. The van der Waals surface area contributed by atoms with Crippen LogP contribution in [0.5, 0.6) is 0 Å². The van der Waals surface area contributed by atoms with Crippen molar-refractivity contribution >= 4 is 27.3 Å². The van der Waals surface area contributed by atoms with Gasteiger partial charge in [-0.1, -0.05) is 0 Å². The average Bonchev–Trinajstić information content (AvgIpc) is 2.79. The van der Waals surface area contributed by atoms with E-state index in [9.17, 15) is 0 Å². The second-order valence-corrected chi connectivity index (χ2v) is 5.82. The number of halogens is 1. The highest BCUT2D eigenvalue weighted by Crippen LogP contribution is 2.11. The van der Waals surface area contributed by atoms with Crippen molar-refractivity contribution in [2.45, 2.75) is 25.9 Å². The number of nitrogens with zero attached hydrogens (tertiary/aromatic N) is 1. The molecule has 0 aliphatic rings. The van der Waals surface area contributed by atoms with Gasteiger partial charge in [0.05, 0.1) is 0 Å². The smallest absolute Gasteiger partial charge is 0.0410 e. The Morgan fingerprint density at radius 3 is 3.00 bits per heavy atom. The molecule has 2 heterocycles. The van der Waals surface area contributed by atoms with Crippen LogP contribution in [0.2, 0.25) is 0 Å². The van der Waals surface area contributed by atoms with E-state index in [1.165, 1.54) is 11.1 Å². The van der Waals surface area contributed by atoms with Crippen molar-refractivity contribution in [3.05, 3.63) is 50.9 Å². The molecule has 0 saturated heterocycles. The first-order chi connectivity index (χ1) is 8.24. The molecule has 1 unspecified atom stereocenters. The number of pyridine rings is 1. The minimum absolute atomic E-state index is 0.476. The van der Waals surface area contributed by atoms with Gasteiger partial charge in [-0.05, 0) is 63.3 Å². The van der Waals surface area contributed by atoms with Crippen molar-refractivity contribution in [1.29, 1.82) is 0 Å². The number of hydrogen-bond acceptors (Lipinski definition) is 3. The second-order valence-electron chi connectivity index (χ2n) is 4.13. The Bertz CT molecular complexity index is 456. The number of rotatable bonds is 5. The Labute approximate surface area is 114 Å². The fraction of sp³-hybridized carbons (Fsp3) is 0.308. The van der Waals surface area contributed by atoms with Gasteiger partial charge in [0.15, 0.2) is 0 Å². The molecular weight excluding hydrogens is 296 g/mol. The van der Waals surface area contributed by atoms with Gasteiger partial charge in [0.2, 0.25) is 0 Å². The summed E-state index contributed by atoms with van der Waals surface area (Å²) in [5.41, 5.74) is 2.61. The molecule has 0 aliphatic heterocycles. The van der Waals surface area contributed by atoms with Crippen LogP contribution in [0.1, 0.15) is 18.1 Å². The third-order valence-electron chi connectivity index (χ3n) is 2.54. The molecule has 0 bridgehead atoms. The number of hydrogen-bond donors (Lipinski definition) is 1. The van der Waals surface area contributed by atoms with Crippen LogP contribution in [0, 0.1) is 0 Å². The van der Waals surface area contributed by atoms with E-state index in [4.69, 9.17) is 0 Å². The lowest BCUT2D eigenvalue weighted by molar-refractivity contribution is 0.545. The fourth-order valence-electron chi connectivity index (χ4n) is 1.68. The second kappa shape index (κ2) is 6.28. The Morgan fingerprint density at radius 1 is 1.41 bits per heavy atom. The molecule has 2 aromatic rings. The van der Waals surface area contributed by atoms with E-state index in [0.717, 1.165) is 17.4 Å². The molecule has 0 aliphatic carbocycles. The molecular formula is C13H15BrN2S. The zero-order chi connectivity index (χ0) is 12.1. The number of nitrogens with one attached hydrogen (secondary N) is 1. The number of aromatic nitrogens is 1. The first kappa shape index (κ1) is 12.7. The fourth-order valence-corrected chi connectivity index (χ4v) is 2.77. The molecule has 0 aromatic carbocycles. The van der Waals surface area contributed by atoms with Gasteiger partial charge < -0.3 is 5.32 Å². The monoisotopic (exact) mass is 310 g/mol. The van der Waals surface area contributed by atoms with Gasteiger partial charge in [-0.25, -0.2) is 0 Å². The Balaban J connectivity index is 1.82. The van der Waals surface area contributed by atoms with E-state index in [-0.39, 0.29) is 0 Å². The predicted octanol–water partition coefficient (Wildman–Crippen LogP) is 3.63. The maximum atomic E-state index is 4.15. The van der Waals surface area contributed by atoms with E-state index >= 15 is 0 Å². The third kappa shape index (κ3) is 4.22. The quantitative estimate of drug-likeness (QED) is 0.912. The largest absolute Gasteiger partial charge is 0.310 e. The average molecular weight is 311 g/mol. The highest BCUT2D eigenvalue weighted by Gasteiger charge is 2.03. The van der Waals surface area contributed by atoms with E-state index in [0.29, 0.717) is 6.04 Å². The van der Waals surface area contributed by atoms with Gasteiger partial charge in [-0.2, -0.15) is 11.3 Å². The highest BCUT2D eigenvalue weighted by atomic mass is 79.9. The van der Waals surface area contributed by atoms with E-state index in [2.05, 4.69) is 56.0 Å². The standard InChI is InChI=1S/C13H15BrN2S/c1-10(4-11-2-3-17-9-11)16-7-12-5-13(14)8-15-6-12/h2-3,5-6,8-10,16H,4,7H2,1H3. The van der Waals surface area contributed by atoms with Gasteiger partial charge in [-0.15, -0.1) is 0 Å². The van der Waals surface area contributed by atoms with Crippen LogP contribution in [0.3, 0.4) is 0 Å². The molecule has 4 heteroatoms. The van der Waals surface area contributed by atoms with Crippen LogP contribution in [-0.4, -0.2) is 11.0 Å². The van der Waals surface area contributed by atoms with E-state index < -0.39 is 0 Å². The first-order valence-electron chi connectivity index (χ1n) is 5.58. The molecule has 2 rings (SSSR count). The van der Waals surface area contributed by atoms with E-state index in [1.807, 2.05) is 6.20 Å². The summed E-state index contributed by atoms with van der Waals surface area (Å²) in [6.45, 7) is 3.07. The molecule has 17 heavy (non-hydrogen) atoms. The van der Waals surface area contributed by atoms with Gasteiger partial charge in [0.1, 0.15) is 0 Å². The lowest BCUT2D eigenvalue weighted by atomic mass is 10.1. The molecule has 0 spiro atoms. The van der Waals surface area contributed by atoms with Crippen molar-refractivity contribution in [3.63, 3.8) is 0 Å². The summed E-state index contributed by atoms with van der Waals surface area (Å²) >= 11 is 5.18. The predicted molar refractivity (Wildman–Crippen MR) is 76.3 cm³/mol. The lowest BCUT2D eigenvalue weighted by Crippen LogP contribution is -2.27. The molecule has 2 aromatic heterocycles. The van der Waals surface area contributed by atoms with Crippen molar-refractivity contribution in [1.82, 2.24) is 10.3 Å². The maximum absolute atomic E-state index is 4.15. The summed E-state index contributed by atoms with van der Waals surface area (Å²) in [5.74, 6) is 0. The molecule has 0 fully saturated rings. The zero-order valence-corrected chi connectivity index (χ0v) is 12.1. The maximum Gasteiger partial charge on any atom is 0.0410 e. The molecule has 0 radical (unpaired) electrons. The van der Waals surface area contributed by atoms with Crippen molar-refractivity contribution in [2.75, 3.05) is 0 Å². The van der Waals surface area contributed by atoms with Gasteiger partial charge in [0.25, 0.3) is 0 Å². The SMILES string of the molecule is CC(Cc1ccsc1)NCc1cncc(Br)c1. The summed E-state index contributed by atoms with van der Waals surface area (Å²) in [4.78, 5) is 4.15. The van der Waals surface area contributed by atoms with Gasteiger partial charge in [0, 0.05) is 29.5 Å². The van der Waals surface area contributed by atoms with Gasteiger partial charge in [-0.3, -0.25) is 4.98 Å². The van der Waals surface area contributed by atoms with Crippen LogP contribution in [0.25, 0.3) is 0 Å². The summed E-state index contributed by atoms with van der Waals surface area (Å²) in [5, 5.41) is 7.84. The molecule has 1 atom stereocenters. The summed E-state index contributed by atoms with van der Waals surface area (Å²) in [7, 11) is 0. The summed E-state index contributed by atoms with van der Waals surface area (Å²) in [6.07, 6.45) is 4.78. The normalized spacial score (nSPS) is 12.6. The van der Waals surface area contributed by atoms with Crippen LogP contribution in [0.4, 0.5) is 0 Å². The van der Waals surface area contributed by atoms with Crippen molar-refractivity contribution in [2.24, 2.45) is 0 Å². The molecule has 0 saturated carbocycles. The van der Waals surface area contributed by atoms with Crippen LogP contribution in [0.15, 0.2) is 39.8 Å². The van der Waals surface area contributed by atoms with Crippen LogP contribution in [-0.2, 0) is 13.0 Å². The molecule has 1 N–H and O–H groups in total. The number of thiophene rings is 1. The first-order valence-corrected chi connectivity index (χ1v) is 7.31. The highest BCUT2D eigenvalue weighted by molar-refractivity contribution is 9.10. The summed E-state index contributed by atoms with van der Waals surface area (Å²) in [6, 6.07) is 4.75. The minimum Gasteiger partial charge on any atom is -0.310 e. The van der Waals surface area contributed by atoms with Crippen LogP contribution < -0.4 is 5.32 Å². The molecule has 90 valence electrons. The Kier molecular flexibility index (Phi) is 4.71. The van der Waals surface area contributed by atoms with Gasteiger partial charge >= 0.3 is 0 Å².